The van der Waals surface area contributed by atoms with E-state index in [1.807, 2.05) is 12.2 Å². The van der Waals surface area contributed by atoms with Gasteiger partial charge in [0.15, 0.2) is 12.4 Å². The Kier molecular flexibility index (Phi) is 33.6. The maximum absolute atomic E-state index is 12.6. The number of ether oxygens (including phenoxy) is 4. The zero-order valence-corrected chi connectivity index (χ0v) is 34.7. The van der Waals surface area contributed by atoms with E-state index in [4.69, 9.17) is 18.9 Å². The average Bonchev–Trinajstić information content (AvgIpc) is 3.18. The van der Waals surface area contributed by atoms with Gasteiger partial charge in [-0.1, -0.05) is 160 Å². The number of carbonyl (C=O) groups is 2. The lowest BCUT2D eigenvalue weighted by atomic mass is 9.99. The standard InChI is InChI=1S/C45H80O10/c1-3-5-7-9-11-13-15-17-19-21-23-25-27-29-31-33-40(47)52-36-38(37-53-45-44(51)43(50)42(49)39(35-46)55-45)54-41(48)34-32-30-28-26-24-22-20-18-16-14-12-10-8-6-4-2/h23,25,28,30,32,34,38-39,42-46,49-51H,3-22,24,26-27,29,31,33,35-37H2,1-2H3/b25-23+,30-28+,34-32+/t38-,39-,42+,43?,44?,45-/m0/s1. The van der Waals surface area contributed by atoms with Gasteiger partial charge in [0.2, 0.25) is 0 Å². The fourth-order valence-electron chi connectivity index (χ4n) is 6.56. The molecule has 0 spiro atoms. The number of hydrogen-bond donors (Lipinski definition) is 4. The van der Waals surface area contributed by atoms with Gasteiger partial charge in [-0.25, -0.2) is 4.79 Å². The van der Waals surface area contributed by atoms with Crippen LogP contribution < -0.4 is 0 Å². The molecule has 2 unspecified atom stereocenters. The van der Waals surface area contributed by atoms with Crippen LogP contribution in [0.25, 0.3) is 0 Å². The molecule has 6 atom stereocenters. The zero-order valence-electron chi connectivity index (χ0n) is 34.7. The van der Waals surface area contributed by atoms with E-state index in [9.17, 15) is 30.0 Å². The highest BCUT2D eigenvalue weighted by atomic mass is 16.7. The summed E-state index contributed by atoms with van der Waals surface area (Å²) in [5.41, 5.74) is 0. The van der Waals surface area contributed by atoms with Crippen molar-refractivity contribution in [1.29, 1.82) is 0 Å². The second-order valence-electron chi connectivity index (χ2n) is 15.2. The maximum Gasteiger partial charge on any atom is 0.331 e. The van der Waals surface area contributed by atoms with Gasteiger partial charge in [0, 0.05) is 12.5 Å². The number of aliphatic hydroxyl groups is 4. The molecule has 10 nitrogen and oxygen atoms in total. The molecule has 1 rings (SSSR count). The molecular formula is C45H80O10. The first-order valence-electron chi connectivity index (χ1n) is 22.1. The van der Waals surface area contributed by atoms with E-state index in [2.05, 4.69) is 26.0 Å². The third-order valence-electron chi connectivity index (χ3n) is 10.1. The summed E-state index contributed by atoms with van der Waals surface area (Å²) in [5, 5.41) is 40.0. The van der Waals surface area contributed by atoms with Crippen LogP contribution in [-0.4, -0.2) is 89.0 Å². The molecule has 10 heteroatoms. The van der Waals surface area contributed by atoms with Crippen molar-refractivity contribution in [2.24, 2.45) is 0 Å². The molecule has 1 aliphatic heterocycles. The lowest BCUT2D eigenvalue weighted by Gasteiger charge is -2.39. The predicted molar refractivity (Wildman–Crippen MR) is 219 cm³/mol. The van der Waals surface area contributed by atoms with Crippen LogP contribution in [-0.2, 0) is 28.5 Å². The summed E-state index contributed by atoms with van der Waals surface area (Å²) < 4.78 is 21.9. The molecule has 0 bridgehead atoms. The summed E-state index contributed by atoms with van der Waals surface area (Å²) in [6.45, 7) is 3.29. The Morgan fingerprint density at radius 2 is 1.09 bits per heavy atom. The largest absolute Gasteiger partial charge is 0.462 e. The van der Waals surface area contributed by atoms with Crippen LogP contribution >= 0.6 is 0 Å². The Balaban J connectivity index is 2.41. The Morgan fingerprint density at radius 3 is 1.62 bits per heavy atom. The first-order chi connectivity index (χ1) is 26.8. The summed E-state index contributed by atoms with van der Waals surface area (Å²) in [4.78, 5) is 25.2. The smallest absolute Gasteiger partial charge is 0.331 e. The first-order valence-corrected chi connectivity index (χ1v) is 22.1. The third-order valence-corrected chi connectivity index (χ3v) is 10.1. The molecule has 55 heavy (non-hydrogen) atoms. The van der Waals surface area contributed by atoms with Crippen molar-refractivity contribution in [3.63, 3.8) is 0 Å². The maximum atomic E-state index is 12.6. The van der Waals surface area contributed by atoms with Gasteiger partial charge in [0.05, 0.1) is 13.2 Å². The molecule has 1 aliphatic rings. The SMILES string of the molecule is CCCCCCCCCCC/C=C/CCCCC(=O)OC[C@@H](CO[C@H]1O[C@@H](CO)[C@@H](O)C(O)C1O)OC(=O)/C=C/C=C/CCCCCCCCCCCCC. The average molecular weight is 781 g/mol. The molecule has 0 saturated carbocycles. The van der Waals surface area contributed by atoms with Gasteiger partial charge in [-0.15, -0.1) is 0 Å². The second kappa shape index (κ2) is 36.3. The minimum absolute atomic E-state index is 0.226. The highest BCUT2D eigenvalue weighted by Crippen LogP contribution is 2.22. The molecule has 0 aromatic heterocycles. The van der Waals surface area contributed by atoms with Crippen molar-refractivity contribution in [3.05, 3.63) is 36.5 Å². The molecule has 0 amide bonds. The molecule has 4 N–H and O–H groups in total. The van der Waals surface area contributed by atoms with E-state index in [1.54, 1.807) is 6.08 Å². The fourth-order valence-corrected chi connectivity index (χ4v) is 6.56. The molecule has 1 fully saturated rings. The summed E-state index contributed by atoms with van der Waals surface area (Å²) in [6.07, 6.45) is 33.6. The molecule has 1 saturated heterocycles. The molecule has 320 valence electrons. The minimum atomic E-state index is -1.61. The Hall–Kier alpha value is -2.08. The fraction of sp³-hybridized carbons (Fsp3) is 0.822. The van der Waals surface area contributed by atoms with Gasteiger partial charge in [0.1, 0.15) is 31.0 Å². The first kappa shape index (κ1) is 50.9. The van der Waals surface area contributed by atoms with Gasteiger partial charge in [-0.3, -0.25) is 4.79 Å². The molecular weight excluding hydrogens is 700 g/mol. The summed E-state index contributed by atoms with van der Waals surface area (Å²) in [6, 6.07) is 0. The zero-order chi connectivity index (χ0) is 40.2. The van der Waals surface area contributed by atoms with E-state index in [0.717, 1.165) is 32.1 Å². The van der Waals surface area contributed by atoms with Crippen molar-refractivity contribution in [2.45, 2.75) is 218 Å². The Bertz CT molecular complexity index is 996. The lowest BCUT2D eigenvalue weighted by Crippen LogP contribution is -2.59. The van der Waals surface area contributed by atoms with Crippen LogP contribution in [0.2, 0.25) is 0 Å². The number of unbranched alkanes of at least 4 members (excludes halogenated alkanes) is 22. The minimum Gasteiger partial charge on any atom is -0.462 e. The second-order valence-corrected chi connectivity index (χ2v) is 15.2. The van der Waals surface area contributed by atoms with Gasteiger partial charge in [-0.05, 0) is 44.9 Å². The summed E-state index contributed by atoms with van der Waals surface area (Å²) >= 11 is 0. The van der Waals surface area contributed by atoms with Crippen molar-refractivity contribution < 1.29 is 49.0 Å². The quantitative estimate of drug-likeness (QED) is 0.0159. The van der Waals surface area contributed by atoms with Gasteiger partial charge >= 0.3 is 11.9 Å². The van der Waals surface area contributed by atoms with E-state index < -0.39 is 55.4 Å². The molecule has 0 aliphatic carbocycles. The molecule has 0 radical (unpaired) electrons. The number of carbonyl (C=O) groups excluding carboxylic acids is 2. The number of aliphatic hydroxyl groups excluding tert-OH is 4. The van der Waals surface area contributed by atoms with E-state index >= 15 is 0 Å². The summed E-state index contributed by atoms with van der Waals surface area (Å²) in [5.74, 6) is -1.08. The molecule has 0 aromatic carbocycles. The van der Waals surface area contributed by atoms with Crippen molar-refractivity contribution in [1.82, 2.24) is 0 Å². The third kappa shape index (κ3) is 28.0. The highest BCUT2D eigenvalue weighted by molar-refractivity contribution is 5.82. The van der Waals surface area contributed by atoms with E-state index in [1.165, 1.54) is 128 Å². The summed E-state index contributed by atoms with van der Waals surface area (Å²) in [7, 11) is 0. The monoisotopic (exact) mass is 781 g/mol. The number of esters is 2. The van der Waals surface area contributed by atoms with E-state index in [0.29, 0.717) is 6.42 Å². The van der Waals surface area contributed by atoms with Crippen LogP contribution in [0.4, 0.5) is 0 Å². The van der Waals surface area contributed by atoms with Crippen LogP contribution in [0.3, 0.4) is 0 Å². The van der Waals surface area contributed by atoms with Crippen LogP contribution in [0.15, 0.2) is 36.5 Å². The topological polar surface area (TPSA) is 152 Å². The molecule has 0 aromatic rings. The van der Waals surface area contributed by atoms with Crippen LogP contribution in [0.1, 0.15) is 181 Å². The predicted octanol–water partition coefficient (Wildman–Crippen LogP) is 9.11. The Labute approximate surface area is 334 Å². The van der Waals surface area contributed by atoms with Crippen molar-refractivity contribution >= 4 is 11.9 Å². The van der Waals surface area contributed by atoms with Gasteiger partial charge in [0.25, 0.3) is 0 Å². The van der Waals surface area contributed by atoms with Crippen LogP contribution in [0.5, 0.6) is 0 Å². The lowest BCUT2D eigenvalue weighted by molar-refractivity contribution is -0.305. The molecule has 1 heterocycles. The van der Waals surface area contributed by atoms with Crippen molar-refractivity contribution in [3.8, 4) is 0 Å². The number of allylic oxidation sites excluding steroid dienone is 5. The Morgan fingerprint density at radius 1 is 0.600 bits per heavy atom. The highest BCUT2D eigenvalue weighted by Gasteiger charge is 2.44. The number of rotatable bonds is 36. The number of hydrogen-bond acceptors (Lipinski definition) is 10. The van der Waals surface area contributed by atoms with Crippen molar-refractivity contribution in [2.75, 3.05) is 19.8 Å². The van der Waals surface area contributed by atoms with Gasteiger partial charge in [-0.2, -0.15) is 0 Å². The van der Waals surface area contributed by atoms with E-state index in [-0.39, 0.29) is 19.6 Å². The van der Waals surface area contributed by atoms with Crippen LogP contribution in [0, 0.1) is 0 Å². The normalized spacial score (nSPS) is 20.9. The van der Waals surface area contributed by atoms with Gasteiger partial charge < -0.3 is 39.4 Å².